The first kappa shape index (κ1) is 15.0. The van der Waals surface area contributed by atoms with Crippen LogP contribution in [-0.2, 0) is 11.3 Å². The third-order valence-corrected chi connectivity index (χ3v) is 4.89. The maximum Gasteiger partial charge on any atom is 0.220 e. The quantitative estimate of drug-likeness (QED) is 0.793. The number of hydrogen-bond acceptors (Lipinski definition) is 4. The van der Waals surface area contributed by atoms with Crippen molar-refractivity contribution >= 4 is 17.2 Å². The van der Waals surface area contributed by atoms with E-state index in [2.05, 4.69) is 15.3 Å². The molecule has 1 atom stereocenters. The average Bonchev–Trinajstić information content (AvgIpc) is 3.29. The second-order valence-corrected chi connectivity index (χ2v) is 6.61. The smallest absolute Gasteiger partial charge is 0.220 e. The van der Waals surface area contributed by atoms with Crippen LogP contribution >= 0.6 is 11.3 Å². The zero-order valence-electron chi connectivity index (χ0n) is 12.8. The minimum atomic E-state index is -0.261. The number of amides is 1. The summed E-state index contributed by atoms with van der Waals surface area (Å²) in [5.74, 6) is 0.632. The van der Waals surface area contributed by atoms with Gasteiger partial charge in [-0.2, -0.15) is 0 Å². The van der Waals surface area contributed by atoms with Gasteiger partial charge in [0, 0.05) is 42.3 Å². The van der Waals surface area contributed by atoms with Crippen LogP contribution in [-0.4, -0.2) is 26.5 Å². The summed E-state index contributed by atoms with van der Waals surface area (Å²) in [4.78, 5) is 20.4. The van der Waals surface area contributed by atoms with E-state index in [-0.39, 0.29) is 17.8 Å². The van der Waals surface area contributed by atoms with Crippen molar-refractivity contribution in [2.75, 3.05) is 0 Å². The summed E-state index contributed by atoms with van der Waals surface area (Å²) in [7, 11) is 0. The first-order chi connectivity index (χ1) is 11.7. The standard InChI is InChI=1S/C17H15FN4OS/c18-12-3-1-11(2-4-12)14-10-24-17(21-14)16-19-7-8-22(16)9-13-5-6-15(23)20-13/h1-4,7-8,10,13H,5-6,9H2,(H,20,23). The first-order valence-corrected chi connectivity index (χ1v) is 8.59. The van der Waals surface area contributed by atoms with Gasteiger partial charge in [-0.15, -0.1) is 11.3 Å². The molecule has 1 fully saturated rings. The molecule has 2 aromatic heterocycles. The van der Waals surface area contributed by atoms with Crippen molar-refractivity contribution < 1.29 is 9.18 Å². The van der Waals surface area contributed by atoms with Crippen molar-refractivity contribution in [2.24, 2.45) is 0 Å². The van der Waals surface area contributed by atoms with Gasteiger partial charge in [0.2, 0.25) is 5.91 Å². The molecule has 0 bridgehead atoms. The second-order valence-electron chi connectivity index (χ2n) is 5.75. The summed E-state index contributed by atoms with van der Waals surface area (Å²) in [6.07, 6.45) is 5.07. The van der Waals surface area contributed by atoms with Gasteiger partial charge < -0.3 is 9.88 Å². The van der Waals surface area contributed by atoms with E-state index in [1.54, 1.807) is 18.3 Å². The molecule has 5 nitrogen and oxygen atoms in total. The van der Waals surface area contributed by atoms with Crippen molar-refractivity contribution in [1.82, 2.24) is 19.9 Å². The lowest BCUT2D eigenvalue weighted by atomic mass is 10.2. The van der Waals surface area contributed by atoms with Crippen molar-refractivity contribution in [3.8, 4) is 22.1 Å². The van der Waals surface area contributed by atoms with E-state index in [4.69, 9.17) is 0 Å². The molecule has 3 heterocycles. The molecule has 0 saturated carbocycles. The lowest BCUT2D eigenvalue weighted by Crippen LogP contribution is -2.29. The van der Waals surface area contributed by atoms with Crippen LogP contribution in [0.15, 0.2) is 42.0 Å². The summed E-state index contributed by atoms with van der Waals surface area (Å²) in [6.45, 7) is 0.687. The molecule has 4 rings (SSSR count). The number of hydrogen-bond donors (Lipinski definition) is 1. The predicted octanol–water partition coefficient (Wildman–Crippen LogP) is 3.09. The maximum absolute atomic E-state index is 13.0. The molecular formula is C17H15FN4OS. The Bertz CT molecular complexity index is 871. The van der Waals surface area contributed by atoms with Crippen LogP contribution < -0.4 is 5.32 Å². The molecular weight excluding hydrogens is 327 g/mol. The Hall–Kier alpha value is -2.54. The number of halogens is 1. The molecule has 1 aliphatic rings. The van der Waals surface area contributed by atoms with E-state index in [0.29, 0.717) is 13.0 Å². The molecule has 0 radical (unpaired) electrons. The van der Waals surface area contributed by atoms with Crippen molar-refractivity contribution in [3.05, 3.63) is 47.9 Å². The van der Waals surface area contributed by atoms with E-state index in [1.807, 2.05) is 16.1 Å². The van der Waals surface area contributed by atoms with Crippen molar-refractivity contribution in [2.45, 2.75) is 25.4 Å². The van der Waals surface area contributed by atoms with E-state index in [0.717, 1.165) is 28.5 Å². The number of nitrogens with zero attached hydrogens (tertiary/aromatic N) is 3. The maximum atomic E-state index is 13.0. The number of carbonyl (C=O) groups is 1. The second kappa shape index (κ2) is 6.16. The monoisotopic (exact) mass is 342 g/mol. The highest BCUT2D eigenvalue weighted by molar-refractivity contribution is 7.13. The third-order valence-electron chi connectivity index (χ3n) is 4.05. The van der Waals surface area contributed by atoms with Crippen LogP contribution in [0, 0.1) is 5.82 Å². The number of benzene rings is 1. The Morgan fingerprint density at radius 1 is 1.33 bits per heavy atom. The Labute approximate surface area is 142 Å². The molecule has 24 heavy (non-hydrogen) atoms. The van der Waals surface area contributed by atoms with E-state index >= 15 is 0 Å². The van der Waals surface area contributed by atoms with Gasteiger partial charge in [0.05, 0.1) is 5.69 Å². The fraction of sp³-hybridized carbons (Fsp3) is 0.235. The van der Waals surface area contributed by atoms with Gasteiger partial charge in [-0.3, -0.25) is 4.79 Å². The van der Waals surface area contributed by atoms with Gasteiger partial charge in [-0.25, -0.2) is 14.4 Å². The third kappa shape index (κ3) is 2.94. The molecule has 1 aliphatic heterocycles. The Morgan fingerprint density at radius 3 is 2.92 bits per heavy atom. The van der Waals surface area contributed by atoms with Gasteiger partial charge >= 0.3 is 0 Å². The number of nitrogens with one attached hydrogen (secondary N) is 1. The largest absolute Gasteiger partial charge is 0.352 e. The Morgan fingerprint density at radius 2 is 2.17 bits per heavy atom. The SMILES string of the molecule is O=C1CCC(Cn2ccnc2-c2nc(-c3ccc(F)cc3)cs2)N1. The summed E-state index contributed by atoms with van der Waals surface area (Å²) in [5, 5.41) is 5.72. The van der Waals surface area contributed by atoms with Gasteiger partial charge in [0.15, 0.2) is 10.8 Å². The topological polar surface area (TPSA) is 59.8 Å². The van der Waals surface area contributed by atoms with Gasteiger partial charge in [-0.1, -0.05) is 0 Å². The van der Waals surface area contributed by atoms with E-state index < -0.39 is 0 Å². The van der Waals surface area contributed by atoms with Crippen molar-refractivity contribution in [3.63, 3.8) is 0 Å². The van der Waals surface area contributed by atoms with Crippen LogP contribution in [0.25, 0.3) is 22.1 Å². The molecule has 7 heteroatoms. The van der Waals surface area contributed by atoms with Gasteiger partial charge in [0.25, 0.3) is 0 Å². The summed E-state index contributed by atoms with van der Waals surface area (Å²) in [6, 6.07) is 6.43. The Balaban J connectivity index is 1.58. The number of thiazole rings is 1. The molecule has 1 N–H and O–H groups in total. The number of imidazole rings is 1. The number of carbonyl (C=O) groups excluding carboxylic acids is 1. The van der Waals surface area contributed by atoms with Crippen molar-refractivity contribution in [1.29, 1.82) is 0 Å². The fourth-order valence-electron chi connectivity index (χ4n) is 2.84. The normalized spacial score (nSPS) is 17.2. The zero-order valence-corrected chi connectivity index (χ0v) is 13.6. The first-order valence-electron chi connectivity index (χ1n) is 7.71. The Kier molecular flexibility index (Phi) is 3.86. The van der Waals surface area contributed by atoms with Crippen LogP contribution in [0.3, 0.4) is 0 Å². The molecule has 122 valence electrons. The fourth-order valence-corrected chi connectivity index (χ4v) is 3.67. The molecule has 1 saturated heterocycles. The molecule has 0 spiro atoms. The lowest BCUT2D eigenvalue weighted by molar-refractivity contribution is -0.119. The average molecular weight is 342 g/mol. The predicted molar refractivity (Wildman–Crippen MR) is 89.9 cm³/mol. The minimum Gasteiger partial charge on any atom is -0.352 e. The number of rotatable bonds is 4. The summed E-state index contributed by atoms with van der Waals surface area (Å²) >= 11 is 1.50. The van der Waals surface area contributed by atoms with Gasteiger partial charge in [-0.05, 0) is 30.7 Å². The molecule has 1 aromatic carbocycles. The van der Waals surface area contributed by atoms with E-state index in [1.165, 1.54) is 23.5 Å². The van der Waals surface area contributed by atoms with Crippen LogP contribution in [0.2, 0.25) is 0 Å². The zero-order chi connectivity index (χ0) is 16.5. The summed E-state index contributed by atoms with van der Waals surface area (Å²) < 4.78 is 15.1. The molecule has 1 amide bonds. The molecule has 3 aromatic rings. The van der Waals surface area contributed by atoms with Gasteiger partial charge in [0.1, 0.15) is 5.82 Å². The summed E-state index contributed by atoms with van der Waals surface area (Å²) in [5.41, 5.74) is 1.68. The highest BCUT2D eigenvalue weighted by Gasteiger charge is 2.22. The van der Waals surface area contributed by atoms with Crippen LogP contribution in [0.4, 0.5) is 4.39 Å². The molecule has 1 unspecified atom stereocenters. The van der Waals surface area contributed by atoms with Crippen LogP contribution in [0.5, 0.6) is 0 Å². The highest BCUT2D eigenvalue weighted by Crippen LogP contribution is 2.28. The minimum absolute atomic E-state index is 0.106. The van der Waals surface area contributed by atoms with Crippen LogP contribution in [0.1, 0.15) is 12.8 Å². The molecule has 0 aliphatic carbocycles. The number of aromatic nitrogens is 3. The van der Waals surface area contributed by atoms with E-state index in [9.17, 15) is 9.18 Å². The highest BCUT2D eigenvalue weighted by atomic mass is 32.1. The lowest BCUT2D eigenvalue weighted by Gasteiger charge is -2.12.